The summed E-state index contributed by atoms with van der Waals surface area (Å²) < 4.78 is 0. The van der Waals surface area contributed by atoms with Gasteiger partial charge in [0.1, 0.15) is 4.99 Å². The third-order valence-electron chi connectivity index (χ3n) is 1.72. The minimum absolute atomic E-state index is 0.185. The zero-order valence-corrected chi connectivity index (χ0v) is 6.97. The first kappa shape index (κ1) is 8.39. The van der Waals surface area contributed by atoms with Crippen molar-refractivity contribution in [1.29, 1.82) is 0 Å². The van der Waals surface area contributed by atoms with Crippen LogP contribution in [-0.4, -0.2) is 34.4 Å². The second-order valence-corrected chi connectivity index (χ2v) is 3.05. The third-order valence-corrected chi connectivity index (χ3v) is 2.11. The van der Waals surface area contributed by atoms with Crippen LogP contribution in [0.15, 0.2) is 0 Å². The van der Waals surface area contributed by atoms with Gasteiger partial charge in [0.15, 0.2) is 0 Å². The van der Waals surface area contributed by atoms with Crippen LogP contribution in [0.25, 0.3) is 0 Å². The van der Waals surface area contributed by atoms with Gasteiger partial charge in [0.25, 0.3) is 6.54 Å². The smallest absolute Gasteiger partial charge is 0.253 e. The summed E-state index contributed by atoms with van der Waals surface area (Å²) in [6, 6.07) is 0. The van der Waals surface area contributed by atoms with E-state index in [-0.39, 0.29) is 11.5 Å². The van der Waals surface area contributed by atoms with Crippen molar-refractivity contribution < 1.29 is 4.92 Å². The summed E-state index contributed by atoms with van der Waals surface area (Å²) in [6.07, 6.45) is 2.22. The molecule has 1 heterocycles. The number of likely N-dealkylation sites (tertiary alicyclic amines) is 1. The molecule has 0 bridgehead atoms. The Morgan fingerprint density at radius 2 is 2.09 bits per heavy atom. The molecule has 11 heavy (non-hydrogen) atoms. The Morgan fingerprint density at radius 3 is 2.55 bits per heavy atom. The molecule has 0 saturated carbocycles. The van der Waals surface area contributed by atoms with Crippen molar-refractivity contribution in [2.75, 3.05) is 19.6 Å². The van der Waals surface area contributed by atoms with E-state index in [9.17, 15) is 10.1 Å². The van der Waals surface area contributed by atoms with Gasteiger partial charge in [-0.1, -0.05) is 12.2 Å². The lowest BCUT2D eigenvalue weighted by molar-refractivity contribution is -0.463. The quantitative estimate of drug-likeness (QED) is 0.351. The van der Waals surface area contributed by atoms with Crippen molar-refractivity contribution in [3.8, 4) is 0 Å². The maximum absolute atomic E-state index is 10.1. The van der Waals surface area contributed by atoms with E-state index in [1.165, 1.54) is 0 Å². The highest BCUT2D eigenvalue weighted by atomic mass is 32.1. The van der Waals surface area contributed by atoms with E-state index in [1.54, 1.807) is 0 Å². The second-order valence-electron chi connectivity index (χ2n) is 2.58. The Morgan fingerprint density at radius 1 is 1.55 bits per heavy atom. The molecule has 4 nitrogen and oxygen atoms in total. The Labute approximate surface area is 70.3 Å². The van der Waals surface area contributed by atoms with Crippen molar-refractivity contribution in [2.24, 2.45) is 0 Å². The number of nitrogens with zero attached hydrogens (tertiary/aromatic N) is 2. The van der Waals surface area contributed by atoms with E-state index < -0.39 is 0 Å². The summed E-state index contributed by atoms with van der Waals surface area (Å²) in [5, 5.41) is 10.1. The first-order valence-corrected chi connectivity index (χ1v) is 4.00. The maximum Gasteiger partial charge on any atom is 0.253 e. The highest BCUT2D eigenvalue weighted by molar-refractivity contribution is 7.80. The molecule has 1 saturated heterocycles. The third kappa shape index (κ3) is 2.42. The number of hydrogen-bond donors (Lipinski definition) is 0. The van der Waals surface area contributed by atoms with Crippen molar-refractivity contribution in [1.82, 2.24) is 4.90 Å². The van der Waals surface area contributed by atoms with Crippen LogP contribution in [0.2, 0.25) is 0 Å². The second kappa shape index (κ2) is 3.61. The van der Waals surface area contributed by atoms with Crippen LogP contribution < -0.4 is 0 Å². The van der Waals surface area contributed by atoms with Crippen molar-refractivity contribution in [3.05, 3.63) is 10.1 Å². The molecule has 1 rings (SSSR count). The van der Waals surface area contributed by atoms with Gasteiger partial charge in [-0.3, -0.25) is 10.1 Å². The summed E-state index contributed by atoms with van der Waals surface area (Å²) >= 11 is 4.87. The predicted octanol–water partition coefficient (Wildman–Crippen LogP) is 0.686. The summed E-state index contributed by atoms with van der Waals surface area (Å²) in [5.41, 5.74) is 0. The topological polar surface area (TPSA) is 46.4 Å². The standard InChI is InChI=1S/C6H10N2O2S/c9-8(10)5-6(11)7-3-1-2-4-7/h1-5H2. The van der Waals surface area contributed by atoms with E-state index in [4.69, 9.17) is 12.2 Å². The lowest BCUT2D eigenvalue weighted by atomic mass is 10.4. The summed E-state index contributed by atoms with van der Waals surface area (Å²) in [6.45, 7) is 1.61. The van der Waals surface area contributed by atoms with Crippen LogP contribution in [0, 0.1) is 10.1 Å². The molecule has 62 valence electrons. The number of thiocarbonyl (C=S) groups is 1. The summed E-state index contributed by atoms with van der Waals surface area (Å²) in [7, 11) is 0. The fourth-order valence-electron chi connectivity index (χ4n) is 1.18. The van der Waals surface area contributed by atoms with E-state index >= 15 is 0 Å². The average Bonchev–Trinajstić information content (AvgIpc) is 2.35. The molecule has 5 heteroatoms. The van der Waals surface area contributed by atoms with E-state index in [2.05, 4.69) is 0 Å². The van der Waals surface area contributed by atoms with Gasteiger partial charge in [-0.2, -0.15) is 0 Å². The lowest BCUT2D eigenvalue weighted by Gasteiger charge is -2.14. The highest BCUT2D eigenvalue weighted by Gasteiger charge is 2.17. The number of rotatable bonds is 2. The van der Waals surface area contributed by atoms with Crippen molar-refractivity contribution in [3.63, 3.8) is 0 Å². The predicted molar refractivity (Wildman–Crippen MR) is 45.3 cm³/mol. The Kier molecular flexibility index (Phi) is 2.76. The first-order chi connectivity index (χ1) is 5.20. The molecule has 0 aliphatic carbocycles. The van der Waals surface area contributed by atoms with Crippen molar-refractivity contribution >= 4 is 17.2 Å². The zero-order valence-electron chi connectivity index (χ0n) is 6.15. The Bertz CT molecular complexity index is 177. The van der Waals surface area contributed by atoms with Gasteiger partial charge in [-0.15, -0.1) is 0 Å². The van der Waals surface area contributed by atoms with E-state index in [0.29, 0.717) is 4.99 Å². The molecule has 0 aromatic carbocycles. The first-order valence-electron chi connectivity index (χ1n) is 3.60. The SMILES string of the molecule is O=[N+]([O-])CC(=S)N1CCCC1. The monoisotopic (exact) mass is 174 g/mol. The molecule has 1 fully saturated rings. The number of nitro groups is 1. The average molecular weight is 174 g/mol. The molecule has 0 unspecified atom stereocenters. The molecule has 0 N–H and O–H groups in total. The van der Waals surface area contributed by atoms with Gasteiger partial charge in [-0.05, 0) is 12.8 Å². The van der Waals surface area contributed by atoms with Crippen LogP contribution in [0.4, 0.5) is 0 Å². The summed E-state index contributed by atoms with van der Waals surface area (Å²) in [4.78, 5) is 12.1. The fraction of sp³-hybridized carbons (Fsp3) is 0.833. The van der Waals surface area contributed by atoms with E-state index in [1.807, 2.05) is 4.90 Å². The minimum atomic E-state index is -0.374. The molecule has 0 aromatic rings. The van der Waals surface area contributed by atoms with Gasteiger partial charge in [0.2, 0.25) is 0 Å². The molecule has 0 amide bonds. The minimum Gasteiger partial charge on any atom is -0.361 e. The van der Waals surface area contributed by atoms with Crippen LogP contribution in [-0.2, 0) is 0 Å². The largest absolute Gasteiger partial charge is 0.361 e. The van der Waals surface area contributed by atoms with Gasteiger partial charge < -0.3 is 4.90 Å². The number of hydrogen-bond acceptors (Lipinski definition) is 3. The zero-order chi connectivity index (χ0) is 8.27. The molecule has 0 radical (unpaired) electrons. The summed E-state index contributed by atoms with van der Waals surface area (Å²) in [5.74, 6) is 0. The Hall–Kier alpha value is -0.710. The van der Waals surface area contributed by atoms with Crippen LogP contribution >= 0.6 is 12.2 Å². The van der Waals surface area contributed by atoms with Gasteiger partial charge in [-0.25, -0.2) is 0 Å². The van der Waals surface area contributed by atoms with E-state index in [0.717, 1.165) is 25.9 Å². The molecular weight excluding hydrogens is 164 g/mol. The normalized spacial score (nSPS) is 16.9. The molecule has 1 aliphatic rings. The van der Waals surface area contributed by atoms with Crippen LogP contribution in [0.3, 0.4) is 0 Å². The Balaban J connectivity index is 2.34. The molecule has 0 aromatic heterocycles. The molecule has 1 aliphatic heterocycles. The molecule has 0 spiro atoms. The van der Waals surface area contributed by atoms with Crippen LogP contribution in [0.1, 0.15) is 12.8 Å². The van der Waals surface area contributed by atoms with Gasteiger partial charge >= 0.3 is 0 Å². The molecular formula is C6H10N2O2S. The van der Waals surface area contributed by atoms with Crippen molar-refractivity contribution in [2.45, 2.75) is 12.8 Å². The fourth-order valence-corrected chi connectivity index (χ4v) is 1.46. The maximum atomic E-state index is 10.1. The van der Waals surface area contributed by atoms with Gasteiger partial charge in [0, 0.05) is 18.0 Å². The highest BCUT2D eigenvalue weighted by Crippen LogP contribution is 2.08. The lowest BCUT2D eigenvalue weighted by Crippen LogP contribution is -2.31. The molecule has 0 atom stereocenters. The van der Waals surface area contributed by atoms with Crippen LogP contribution in [0.5, 0.6) is 0 Å². The van der Waals surface area contributed by atoms with Gasteiger partial charge in [0.05, 0.1) is 0 Å².